The Kier molecular flexibility index (Phi) is 5.94. The van der Waals surface area contributed by atoms with Crippen LogP contribution in [-0.4, -0.2) is 57.3 Å². The summed E-state index contributed by atoms with van der Waals surface area (Å²) in [6.45, 7) is 2.68. The summed E-state index contributed by atoms with van der Waals surface area (Å²) >= 11 is 0. The quantitative estimate of drug-likeness (QED) is 0.611. The van der Waals surface area contributed by atoms with Crippen molar-refractivity contribution in [1.29, 1.82) is 0 Å². The highest BCUT2D eigenvalue weighted by Gasteiger charge is 2.30. The van der Waals surface area contributed by atoms with Gasteiger partial charge < -0.3 is 14.4 Å². The van der Waals surface area contributed by atoms with Crippen molar-refractivity contribution in [2.24, 2.45) is 0 Å². The van der Waals surface area contributed by atoms with Crippen LogP contribution in [0.4, 0.5) is 4.39 Å². The second-order valence-corrected chi connectivity index (χ2v) is 8.65. The average Bonchev–Trinajstić information content (AvgIpc) is 3.04. The molecule has 2 amide bonds. The van der Waals surface area contributed by atoms with Crippen LogP contribution in [0.3, 0.4) is 0 Å². The molecular weight excluding hydrogens is 419 g/mol. The largest absolute Gasteiger partial charge is 0.335 e. The molecule has 0 aliphatic carbocycles. The number of carbonyl (C=O) groups excluding carboxylic acids is 2. The summed E-state index contributed by atoms with van der Waals surface area (Å²) < 4.78 is 15.4. The number of hydrogen-bond acceptors (Lipinski definition) is 3. The Bertz CT molecular complexity index is 1150. The average molecular weight is 447 g/mol. The van der Waals surface area contributed by atoms with Gasteiger partial charge in [0.15, 0.2) is 0 Å². The van der Waals surface area contributed by atoms with Gasteiger partial charge >= 0.3 is 0 Å². The molecule has 0 atom stereocenters. The third-order valence-electron chi connectivity index (χ3n) is 6.55. The minimum Gasteiger partial charge on any atom is -0.335 e. The lowest BCUT2D eigenvalue weighted by Gasteiger charge is -2.34. The normalized spacial score (nSPS) is 16.3. The lowest BCUT2D eigenvalue weighted by molar-refractivity contribution is 0.0532. The number of fused-ring (bicyclic) bond motifs is 1. The molecule has 1 fully saturated rings. The van der Waals surface area contributed by atoms with Gasteiger partial charge in [0.1, 0.15) is 17.3 Å². The van der Waals surface area contributed by atoms with E-state index >= 15 is 0 Å². The molecule has 2 aliphatic heterocycles. The summed E-state index contributed by atoms with van der Waals surface area (Å²) in [5, 5.41) is 0. The lowest BCUT2D eigenvalue weighted by Crippen LogP contribution is -2.50. The van der Waals surface area contributed by atoms with Crippen molar-refractivity contribution in [2.45, 2.75) is 32.2 Å². The van der Waals surface area contributed by atoms with E-state index in [0.29, 0.717) is 37.4 Å². The van der Waals surface area contributed by atoms with Crippen molar-refractivity contribution in [3.05, 3.63) is 77.4 Å². The number of benzene rings is 2. The smallest absolute Gasteiger partial charge is 0.274 e. The molecule has 1 aromatic heterocycles. The van der Waals surface area contributed by atoms with Gasteiger partial charge in [-0.2, -0.15) is 0 Å². The zero-order valence-electron chi connectivity index (χ0n) is 18.5. The van der Waals surface area contributed by atoms with Gasteiger partial charge in [-0.05, 0) is 43.5 Å². The predicted octanol–water partition coefficient (Wildman–Crippen LogP) is 4.01. The SMILES string of the molecule is O=C(c1ccc(F)cc1)N1CCN(C(=O)c2nc(-c3ccccc3)n3c2CCCCC3)CC1. The summed E-state index contributed by atoms with van der Waals surface area (Å²) in [4.78, 5) is 34.6. The van der Waals surface area contributed by atoms with Gasteiger partial charge in [-0.3, -0.25) is 9.59 Å². The van der Waals surface area contributed by atoms with Crippen LogP contribution in [0, 0.1) is 5.82 Å². The number of piperazine rings is 1. The van der Waals surface area contributed by atoms with E-state index in [9.17, 15) is 14.0 Å². The van der Waals surface area contributed by atoms with Gasteiger partial charge in [-0.25, -0.2) is 9.37 Å². The number of aromatic nitrogens is 2. The predicted molar refractivity (Wildman–Crippen MR) is 123 cm³/mol. The first kappa shape index (κ1) is 21.4. The molecule has 3 aromatic rings. The van der Waals surface area contributed by atoms with Gasteiger partial charge in [-0.15, -0.1) is 0 Å². The number of halogens is 1. The third-order valence-corrected chi connectivity index (χ3v) is 6.55. The third kappa shape index (κ3) is 4.27. The van der Waals surface area contributed by atoms with E-state index in [1.54, 1.807) is 9.80 Å². The minimum atomic E-state index is -0.365. The van der Waals surface area contributed by atoms with E-state index < -0.39 is 0 Å². The lowest BCUT2D eigenvalue weighted by atomic mass is 10.1. The molecule has 33 heavy (non-hydrogen) atoms. The summed E-state index contributed by atoms with van der Waals surface area (Å²) in [6, 6.07) is 15.6. The van der Waals surface area contributed by atoms with Crippen molar-refractivity contribution in [1.82, 2.24) is 19.4 Å². The fourth-order valence-corrected chi connectivity index (χ4v) is 4.74. The Balaban J connectivity index is 1.34. The maximum absolute atomic E-state index is 13.5. The van der Waals surface area contributed by atoms with Gasteiger partial charge in [0.25, 0.3) is 11.8 Å². The first-order valence-electron chi connectivity index (χ1n) is 11.6. The maximum atomic E-state index is 13.5. The Morgan fingerprint density at radius 1 is 0.758 bits per heavy atom. The Morgan fingerprint density at radius 2 is 1.42 bits per heavy atom. The first-order valence-corrected chi connectivity index (χ1v) is 11.6. The van der Waals surface area contributed by atoms with Crippen molar-refractivity contribution >= 4 is 11.8 Å². The van der Waals surface area contributed by atoms with E-state index in [2.05, 4.69) is 4.57 Å². The standard InChI is InChI=1S/C26H27FN4O2/c27-21-12-10-20(11-13-21)25(32)29-15-17-30(18-16-29)26(33)23-22-9-5-2-6-14-31(22)24(28-23)19-7-3-1-4-8-19/h1,3-4,7-8,10-13H,2,5-6,9,14-18H2. The van der Waals surface area contributed by atoms with Crippen molar-refractivity contribution in [2.75, 3.05) is 26.2 Å². The molecule has 0 N–H and O–H groups in total. The highest BCUT2D eigenvalue weighted by Crippen LogP contribution is 2.28. The second-order valence-electron chi connectivity index (χ2n) is 8.65. The second kappa shape index (κ2) is 9.17. The molecule has 0 radical (unpaired) electrons. The van der Waals surface area contributed by atoms with E-state index in [4.69, 9.17) is 4.98 Å². The summed E-state index contributed by atoms with van der Waals surface area (Å²) in [6.07, 6.45) is 4.14. The summed E-state index contributed by atoms with van der Waals surface area (Å²) in [7, 11) is 0. The van der Waals surface area contributed by atoms with Crippen LogP contribution in [0.15, 0.2) is 54.6 Å². The monoisotopic (exact) mass is 446 g/mol. The number of rotatable bonds is 3. The number of nitrogens with zero attached hydrogens (tertiary/aromatic N) is 4. The Hall–Kier alpha value is -3.48. The maximum Gasteiger partial charge on any atom is 0.274 e. The molecule has 0 saturated carbocycles. The minimum absolute atomic E-state index is 0.0586. The van der Waals surface area contributed by atoms with E-state index in [-0.39, 0.29) is 17.6 Å². The topological polar surface area (TPSA) is 58.4 Å². The number of amides is 2. The highest BCUT2D eigenvalue weighted by atomic mass is 19.1. The number of imidazole rings is 1. The van der Waals surface area contributed by atoms with E-state index in [0.717, 1.165) is 49.3 Å². The van der Waals surface area contributed by atoms with Gasteiger partial charge in [0, 0.05) is 43.9 Å². The summed E-state index contributed by atoms with van der Waals surface area (Å²) in [5.74, 6) is 0.304. The molecule has 5 rings (SSSR count). The van der Waals surface area contributed by atoms with Crippen molar-refractivity contribution < 1.29 is 14.0 Å². The van der Waals surface area contributed by atoms with Crippen LogP contribution in [0.25, 0.3) is 11.4 Å². The van der Waals surface area contributed by atoms with Crippen molar-refractivity contribution in [3.8, 4) is 11.4 Å². The fraction of sp³-hybridized carbons (Fsp3) is 0.346. The zero-order chi connectivity index (χ0) is 22.8. The molecule has 2 aromatic carbocycles. The fourth-order valence-electron chi connectivity index (χ4n) is 4.74. The number of carbonyl (C=O) groups is 2. The van der Waals surface area contributed by atoms with Gasteiger partial charge in [0.05, 0.1) is 5.69 Å². The van der Waals surface area contributed by atoms with Crippen LogP contribution in [-0.2, 0) is 13.0 Å². The summed E-state index contributed by atoms with van der Waals surface area (Å²) in [5.41, 5.74) is 3.06. The molecule has 0 unspecified atom stereocenters. The van der Waals surface area contributed by atoms with E-state index in [1.165, 1.54) is 24.3 Å². The van der Waals surface area contributed by atoms with Crippen LogP contribution in [0.1, 0.15) is 45.8 Å². The molecule has 170 valence electrons. The van der Waals surface area contributed by atoms with Crippen LogP contribution in [0.5, 0.6) is 0 Å². The first-order chi connectivity index (χ1) is 16.1. The molecule has 6 nitrogen and oxygen atoms in total. The molecule has 1 saturated heterocycles. The van der Waals surface area contributed by atoms with Crippen LogP contribution >= 0.6 is 0 Å². The molecule has 3 heterocycles. The van der Waals surface area contributed by atoms with Crippen LogP contribution < -0.4 is 0 Å². The van der Waals surface area contributed by atoms with Gasteiger partial charge in [-0.1, -0.05) is 36.8 Å². The van der Waals surface area contributed by atoms with Crippen LogP contribution in [0.2, 0.25) is 0 Å². The molecule has 7 heteroatoms. The van der Waals surface area contributed by atoms with Gasteiger partial charge in [0.2, 0.25) is 0 Å². The Morgan fingerprint density at radius 3 is 2.12 bits per heavy atom. The number of hydrogen-bond donors (Lipinski definition) is 0. The molecule has 0 bridgehead atoms. The van der Waals surface area contributed by atoms with E-state index in [1.807, 2.05) is 30.3 Å². The van der Waals surface area contributed by atoms with Crippen molar-refractivity contribution in [3.63, 3.8) is 0 Å². The molecular formula is C26H27FN4O2. The molecule has 0 spiro atoms. The molecule has 2 aliphatic rings. The Labute approximate surface area is 192 Å². The zero-order valence-corrected chi connectivity index (χ0v) is 18.5. The highest BCUT2D eigenvalue weighted by molar-refractivity contribution is 5.96.